The molecule has 1 saturated heterocycles. The molecule has 0 radical (unpaired) electrons. The minimum Gasteiger partial charge on any atom is -0.334 e. The average Bonchev–Trinajstić information content (AvgIpc) is 2.67. The molecule has 132 valence electrons. The van der Waals surface area contributed by atoms with E-state index in [1.165, 1.54) is 11.1 Å². The van der Waals surface area contributed by atoms with Gasteiger partial charge < -0.3 is 10.2 Å². The summed E-state index contributed by atoms with van der Waals surface area (Å²) < 4.78 is 0. The number of benzene rings is 2. The van der Waals surface area contributed by atoms with E-state index in [2.05, 4.69) is 72.6 Å². The highest BCUT2D eigenvalue weighted by atomic mass is 16.2. The lowest BCUT2D eigenvalue weighted by Crippen LogP contribution is -2.52. The zero-order chi connectivity index (χ0) is 17.6. The first-order chi connectivity index (χ1) is 12.1. The molecule has 1 aliphatic heterocycles. The smallest absolute Gasteiger partial charge is 0.317 e. The molecule has 0 aliphatic carbocycles. The van der Waals surface area contributed by atoms with Crippen molar-refractivity contribution < 1.29 is 4.79 Å². The van der Waals surface area contributed by atoms with Gasteiger partial charge in [0.2, 0.25) is 0 Å². The molecule has 3 rings (SSSR count). The zero-order valence-electron chi connectivity index (χ0n) is 15.1. The number of carbonyl (C=O) groups excluding carboxylic acids is 1. The first kappa shape index (κ1) is 17.5. The van der Waals surface area contributed by atoms with Crippen LogP contribution in [0.3, 0.4) is 0 Å². The fourth-order valence-corrected chi connectivity index (χ4v) is 3.25. The second-order valence-corrected chi connectivity index (χ2v) is 6.75. The van der Waals surface area contributed by atoms with Crippen LogP contribution in [-0.2, 0) is 6.54 Å². The molecule has 4 nitrogen and oxygen atoms in total. The van der Waals surface area contributed by atoms with Gasteiger partial charge in [0.25, 0.3) is 0 Å². The van der Waals surface area contributed by atoms with Gasteiger partial charge in [0.1, 0.15) is 0 Å². The van der Waals surface area contributed by atoms with Crippen molar-refractivity contribution in [3.05, 3.63) is 71.3 Å². The van der Waals surface area contributed by atoms with Crippen LogP contribution in [-0.4, -0.2) is 42.0 Å². The van der Waals surface area contributed by atoms with Crippen molar-refractivity contribution in [3.8, 4) is 0 Å². The van der Waals surface area contributed by atoms with Gasteiger partial charge in [-0.05, 0) is 25.0 Å². The molecule has 2 amide bonds. The molecule has 0 spiro atoms. The lowest BCUT2D eigenvalue weighted by atomic mass is 10.1. The molecule has 1 atom stereocenters. The van der Waals surface area contributed by atoms with Crippen LogP contribution >= 0.6 is 0 Å². The Morgan fingerprint density at radius 3 is 2.28 bits per heavy atom. The zero-order valence-corrected chi connectivity index (χ0v) is 15.1. The maximum Gasteiger partial charge on any atom is 0.317 e. The summed E-state index contributed by atoms with van der Waals surface area (Å²) in [6, 6.07) is 19.3. The van der Waals surface area contributed by atoms with E-state index >= 15 is 0 Å². The second kappa shape index (κ2) is 8.17. The van der Waals surface area contributed by atoms with Crippen molar-refractivity contribution in [1.29, 1.82) is 0 Å². The number of hydrogen-bond donors (Lipinski definition) is 1. The third-order valence-electron chi connectivity index (χ3n) is 5.00. The number of piperazine rings is 1. The second-order valence-electron chi connectivity index (χ2n) is 6.75. The minimum absolute atomic E-state index is 0.0348. The number of hydrogen-bond acceptors (Lipinski definition) is 2. The average molecular weight is 337 g/mol. The molecule has 2 aromatic carbocycles. The Labute approximate surface area is 150 Å². The lowest BCUT2D eigenvalue weighted by molar-refractivity contribution is 0.114. The predicted molar refractivity (Wildman–Crippen MR) is 101 cm³/mol. The van der Waals surface area contributed by atoms with Gasteiger partial charge in [-0.1, -0.05) is 60.2 Å². The molecule has 1 heterocycles. The normalized spacial score (nSPS) is 16.5. The number of aryl methyl sites for hydroxylation is 1. The highest BCUT2D eigenvalue weighted by molar-refractivity contribution is 5.74. The van der Waals surface area contributed by atoms with Crippen LogP contribution in [0.2, 0.25) is 0 Å². The van der Waals surface area contributed by atoms with E-state index in [0.29, 0.717) is 12.6 Å². The monoisotopic (exact) mass is 337 g/mol. The molecule has 0 saturated carbocycles. The summed E-state index contributed by atoms with van der Waals surface area (Å²) >= 11 is 0. The van der Waals surface area contributed by atoms with Crippen LogP contribution < -0.4 is 5.32 Å². The standard InChI is InChI=1S/C21H27N3O/c1-17-8-10-19(11-9-17)16-22-21(25)24-14-12-23(13-15-24)18(2)20-6-4-3-5-7-20/h3-11,18H,12-16H2,1-2H3,(H,22,25). The summed E-state index contributed by atoms with van der Waals surface area (Å²) in [7, 11) is 0. The molecule has 25 heavy (non-hydrogen) atoms. The van der Waals surface area contributed by atoms with Gasteiger partial charge in [-0.25, -0.2) is 4.79 Å². The number of amides is 2. The highest BCUT2D eigenvalue weighted by Gasteiger charge is 2.24. The SMILES string of the molecule is Cc1ccc(CNC(=O)N2CCN(C(C)c3ccccc3)CC2)cc1. The largest absolute Gasteiger partial charge is 0.334 e. The van der Waals surface area contributed by atoms with E-state index in [4.69, 9.17) is 0 Å². The Balaban J connectivity index is 1.46. The van der Waals surface area contributed by atoms with Gasteiger partial charge in [0.15, 0.2) is 0 Å². The van der Waals surface area contributed by atoms with E-state index in [1.807, 2.05) is 11.0 Å². The Morgan fingerprint density at radius 1 is 1.00 bits per heavy atom. The highest BCUT2D eigenvalue weighted by Crippen LogP contribution is 2.21. The Hall–Kier alpha value is -2.33. The molecular weight excluding hydrogens is 310 g/mol. The molecule has 0 bridgehead atoms. The number of carbonyl (C=O) groups is 1. The van der Waals surface area contributed by atoms with Crippen molar-refractivity contribution in [1.82, 2.24) is 15.1 Å². The summed E-state index contributed by atoms with van der Waals surface area (Å²) in [6.07, 6.45) is 0. The summed E-state index contributed by atoms with van der Waals surface area (Å²) in [5, 5.41) is 3.03. The molecule has 1 N–H and O–H groups in total. The first-order valence-electron chi connectivity index (χ1n) is 9.01. The summed E-state index contributed by atoms with van der Waals surface area (Å²) in [4.78, 5) is 16.7. The van der Waals surface area contributed by atoms with Gasteiger partial charge in [-0.2, -0.15) is 0 Å². The van der Waals surface area contributed by atoms with Crippen LogP contribution in [0.1, 0.15) is 29.7 Å². The van der Waals surface area contributed by atoms with Crippen molar-refractivity contribution in [2.75, 3.05) is 26.2 Å². The van der Waals surface area contributed by atoms with Gasteiger partial charge >= 0.3 is 6.03 Å². The summed E-state index contributed by atoms with van der Waals surface area (Å²) in [5.41, 5.74) is 3.70. The number of rotatable bonds is 4. The van der Waals surface area contributed by atoms with Crippen LogP contribution in [0.5, 0.6) is 0 Å². The molecule has 1 aliphatic rings. The van der Waals surface area contributed by atoms with Crippen molar-refractivity contribution in [2.45, 2.75) is 26.4 Å². The minimum atomic E-state index is 0.0348. The van der Waals surface area contributed by atoms with E-state index in [1.54, 1.807) is 0 Å². The summed E-state index contributed by atoms with van der Waals surface area (Å²) in [6.45, 7) is 8.26. The topological polar surface area (TPSA) is 35.6 Å². The van der Waals surface area contributed by atoms with Crippen molar-refractivity contribution in [3.63, 3.8) is 0 Å². The Kier molecular flexibility index (Phi) is 5.71. The molecule has 1 unspecified atom stereocenters. The Morgan fingerprint density at radius 2 is 1.64 bits per heavy atom. The molecule has 4 heteroatoms. The lowest BCUT2D eigenvalue weighted by Gasteiger charge is -2.38. The fourth-order valence-electron chi connectivity index (χ4n) is 3.25. The Bertz CT molecular complexity index is 676. The van der Waals surface area contributed by atoms with Gasteiger partial charge in [0, 0.05) is 38.8 Å². The van der Waals surface area contributed by atoms with Crippen LogP contribution in [0, 0.1) is 6.92 Å². The number of nitrogens with zero attached hydrogens (tertiary/aromatic N) is 2. The van der Waals surface area contributed by atoms with E-state index < -0.39 is 0 Å². The quantitative estimate of drug-likeness (QED) is 0.925. The third-order valence-corrected chi connectivity index (χ3v) is 5.00. The number of nitrogens with one attached hydrogen (secondary N) is 1. The van der Waals surface area contributed by atoms with Gasteiger partial charge in [-0.15, -0.1) is 0 Å². The van der Waals surface area contributed by atoms with Crippen molar-refractivity contribution >= 4 is 6.03 Å². The van der Waals surface area contributed by atoms with Crippen LogP contribution in [0.4, 0.5) is 4.79 Å². The molecular formula is C21H27N3O. The van der Waals surface area contributed by atoms with Crippen LogP contribution in [0.15, 0.2) is 54.6 Å². The third kappa shape index (κ3) is 4.60. The number of urea groups is 1. The molecule has 1 fully saturated rings. The van der Waals surface area contributed by atoms with E-state index in [0.717, 1.165) is 31.7 Å². The van der Waals surface area contributed by atoms with Crippen LogP contribution in [0.25, 0.3) is 0 Å². The molecule has 2 aromatic rings. The first-order valence-corrected chi connectivity index (χ1v) is 9.01. The van der Waals surface area contributed by atoms with E-state index in [-0.39, 0.29) is 6.03 Å². The van der Waals surface area contributed by atoms with Gasteiger partial charge in [-0.3, -0.25) is 4.90 Å². The maximum absolute atomic E-state index is 12.4. The maximum atomic E-state index is 12.4. The summed E-state index contributed by atoms with van der Waals surface area (Å²) in [5.74, 6) is 0. The predicted octanol–water partition coefficient (Wildman–Crippen LogP) is 3.58. The van der Waals surface area contributed by atoms with Crippen molar-refractivity contribution in [2.24, 2.45) is 0 Å². The molecule has 0 aromatic heterocycles. The fraction of sp³-hybridized carbons (Fsp3) is 0.381. The van der Waals surface area contributed by atoms with Gasteiger partial charge in [0.05, 0.1) is 0 Å². The van der Waals surface area contributed by atoms with E-state index in [9.17, 15) is 4.79 Å².